The number of allylic oxidation sites excluding steroid dienone is 3. The van der Waals surface area contributed by atoms with Crippen molar-refractivity contribution in [3.63, 3.8) is 0 Å². The van der Waals surface area contributed by atoms with Crippen LogP contribution in [0, 0.1) is 23.9 Å². The largest absolute Gasteiger partial charge is 0.482 e. The van der Waals surface area contributed by atoms with E-state index in [1.54, 1.807) is 12.1 Å². The molecule has 0 saturated carbocycles. The van der Waals surface area contributed by atoms with Gasteiger partial charge in [-0.15, -0.1) is 6.58 Å². The van der Waals surface area contributed by atoms with Crippen molar-refractivity contribution in [3.05, 3.63) is 90.2 Å². The van der Waals surface area contributed by atoms with Gasteiger partial charge in [-0.25, -0.2) is 0 Å². The monoisotopic (exact) mass is 620 g/mol. The summed E-state index contributed by atoms with van der Waals surface area (Å²) in [5.74, 6) is 2.97. The smallest absolute Gasteiger partial charge is 0.243 e. The minimum atomic E-state index is -1.67. The molecular weight excluding hydrogens is 576 g/mol. The average molecular weight is 621 g/mol. The molecule has 0 aromatic heterocycles. The summed E-state index contributed by atoms with van der Waals surface area (Å²) in [4.78, 5) is 0. The summed E-state index contributed by atoms with van der Waals surface area (Å²) in [6, 6.07) is 17.1. The minimum Gasteiger partial charge on any atom is -0.482 e. The predicted octanol–water partition coefficient (Wildman–Crippen LogP) is 3.02. The van der Waals surface area contributed by atoms with E-state index in [2.05, 4.69) is 18.6 Å². The first-order chi connectivity index (χ1) is 21.9. The average Bonchev–Trinajstić information content (AvgIpc) is 3.20. The first-order valence-electron chi connectivity index (χ1n) is 15.7. The lowest BCUT2D eigenvalue weighted by atomic mass is 9.72. The zero-order valence-corrected chi connectivity index (χ0v) is 25.4. The van der Waals surface area contributed by atoms with Crippen LogP contribution < -0.4 is 4.74 Å². The molecule has 4 heterocycles. The second kappa shape index (κ2) is 15.3. The van der Waals surface area contributed by atoms with E-state index in [9.17, 15) is 25.5 Å². The fourth-order valence-electron chi connectivity index (χ4n) is 6.66. The Morgan fingerprint density at radius 2 is 1.76 bits per heavy atom. The summed E-state index contributed by atoms with van der Waals surface area (Å²) in [5.41, 5.74) is 0.333. The van der Waals surface area contributed by atoms with Crippen LogP contribution >= 0.6 is 0 Å². The number of hydrogen-bond acceptors (Lipinski definition) is 9. The summed E-state index contributed by atoms with van der Waals surface area (Å²) in [6.07, 6.45) is 1.41. The number of aliphatic hydroxyl groups excluding tert-OH is 5. The highest BCUT2D eigenvalue weighted by molar-refractivity contribution is 5.29. The number of rotatable bonds is 11. The van der Waals surface area contributed by atoms with Gasteiger partial charge in [-0.3, -0.25) is 0 Å². The third kappa shape index (κ3) is 7.55. The van der Waals surface area contributed by atoms with Crippen molar-refractivity contribution in [2.24, 2.45) is 11.8 Å². The van der Waals surface area contributed by atoms with Gasteiger partial charge in [-0.2, -0.15) is 0 Å². The van der Waals surface area contributed by atoms with Crippen LogP contribution in [-0.2, 0) is 27.1 Å². The highest BCUT2D eigenvalue weighted by atomic mass is 16.7. The van der Waals surface area contributed by atoms with Gasteiger partial charge < -0.3 is 44.5 Å². The Kier molecular flexibility index (Phi) is 11.2. The molecular formula is C36H44O9. The molecule has 0 unspecified atom stereocenters. The Morgan fingerprint density at radius 1 is 0.978 bits per heavy atom. The van der Waals surface area contributed by atoms with Crippen molar-refractivity contribution in [1.29, 1.82) is 0 Å². The Hall–Kier alpha value is -3.36. The van der Waals surface area contributed by atoms with Crippen LogP contribution in [0.1, 0.15) is 43.2 Å². The molecule has 1 fully saturated rings. The van der Waals surface area contributed by atoms with Crippen LogP contribution in [0.15, 0.2) is 79.1 Å². The zero-order chi connectivity index (χ0) is 31.8. The molecule has 0 amide bonds. The van der Waals surface area contributed by atoms with Crippen molar-refractivity contribution < 1.29 is 44.5 Å². The Bertz CT molecular complexity index is 1330. The van der Waals surface area contributed by atoms with Crippen molar-refractivity contribution in [2.45, 2.75) is 87.4 Å². The second-order valence-electron chi connectivity index (χ2n) is 12.1. The SMILES string of the molecule is C=CCc1ccc(O[C@H]2O[C@H]3[C@@H](O)[C@H](O)[C@]24C[C@@H]([C@@H](O)CC#CO[C@H]3CCCO)[C@H](CCO)C=C(Cc2ccccc2)O4)cc1. The van der Waals surface area contributed by atoms with Crippen LogP contribution in [0.4, 0.5) is 0 Å². The Morgan fingerprint density at radius 3 is 2.47 bits per heavy atom. The zero-order valence-electron chi connectivity index (χ0n) is 25.4. The molecule has 9 nitrogen and oxygen atoms in total. The van der Waals surface area contributed by atoms with E-state index >= 15 is 0 Å². The van der Waals surface area contributed by atoms with Crippen LogP contribution in [0.2, 0.25) is 0 Å². The molecule has 1 spiro atoms. The molecule has 3 bridgehead atoms. The Labute approximate surface area is 264 Å². The normalized spacial score (nSPS) is 32.7. The highest BCUT2D eigenvalue weighted by Crippen LogP contribution is 2.47. The van der Waals surface area contributed by atoms with Crippen LogP contribution in [0.3, 0.4) is 0 Å². The molecule has 4 aliphatic rings. The third-order valence-corrected chi connectivity index (χ3v) is 9.00. The molecule has 9 atom stereocenters. The second-order valence-corrected chi connectivity index (χ2v) is 12.1. The van der Waals surface area contributed by atoms with Gasteiger partial charge in [-0.1, -0.05) is 54.5 Å². The maximum Gasteiger partial charge on any atom is 0.243 e. The quantitative estimate of drug-likeness (QED) is 0.190. The van der Waals surface area contributed by atoms with Gasteiger partial charge in [0.1, 0.15) is 36.3 Å². The van der Waals surface area contributed by atoms with E-state index in [1.807, 2.05) is 54.6 Å². The van der Waals surface area contributed by atoms with Crippen molar-refractivity contribution >= 4 is 0 Å². The summed E-state index contributed by atoms with van der Waals surface area (Å²) < 4.78 is 25.7. The number of aliphatic hydroxyl groups is 5. The lowest BCUT2D eigenvalue weighted by Gasteiger charge is -2.52. The minimum absolute atomic E-state index is 0.0433. The summed E-state index contributed by atoms with van der Waals surface area (Å²) >= 11 is 0. The lowest BCUT2D eigenvalue weighted by Crippen LogP contribution is -2.70. The fourth-order valence-corrected chi connectivity index (χ4v) is 6.66. The third-order valence-electron chi connectivity index (χ3n) is 9.00. The van der Waals surface area contributed by atoms with Gasteiger partial charge in [0.15, 0.2) is 5.60 Å². The first kappa shape index (κ1) is 33.0. The molecule has 0 aliphatic carbocycles. The summed E-state index contributed by atoms with van der Waals surface area (Å²) in [6.45, 7) is 3.56. The molecule has 5 N–H and O–H groups in total. The molecule has 45 heavy (non-hydrogen) atoms. The van der Waals surface area contributed by atoms with Gasteiger partial charge >= 0.3 is 0 Å². The summed E-state index contributed by atoms with van der Waals surface area (Å²) in [5, 5.41) is 54.9. The molecule has 0 radical (unpaired) electrons. The number of ether oxygens (including phenoxy) is 4. The number of hydrogen-bond donors (Lipinski definition) is 5. The van der Waals surface area contributed by atoms with E-state index in [0.717, 1.165) is 11.1 Å². The topological polar surface area (TPSA) is 138 Å². The highest BCUT2D eigenvalue weighted by Gasteiger charge is 2.63. The Balaban J connectivity index is 1.63. The van der Waals surface area contributed by atoms with Crippen LogP contribution in [0.25, 0.3) is 0 Å². The first-order valence-corrected chi connectivity index (χ1v) is 15.7. The number of benzene rings is 2. The van der Waals surface area contributed by atoms with E-state index < -0.39 is 48.3 Å². The molecule has 4 aliphatic heterocycles. The van der Waals surface area contributed by atoms with Gasteiger partial charge in [0.05, 0.1) is 11.9 Å². The fraction of sp³-hybridized carbons (Fsp3) is 0.500. The molecule has 6 rings (SSSR count). The van der Waals surface area contributed by atoms with E-state index in [0.29, 0.717) is 43.6 Å². The van der Waals surface area contributed by atoms with Gasteiger partial charge in [0.25, 0.3) is 0 Å². The molecule has 1 saturated heterocycles. The van der Waals surface area contributed by atoms with Crippen molar-refractivity contribution in [2.75, 3.05) is 13.2 Å². The van der Waals surface area contributed by atoms with Crippen LogP contribution in [0.5, 0.6) is 5.75 Å². The van der Waals surface area contributed by atoms with Crippen molar-refractivity contribution in [1.82, 2.24) is 0 Å². The maximum atomic E-state index is 12.1. The van der Waals surface area contributed by atoms with E-state index in [1.165, 1.54) is 0 Å². The molecule has 9 heteroatoms. The van der Waals surface area contributed by atoms with Gasteiger partial charge in [0.2, 0.25) is 6.29 Å². The molecule has 242 valence electrons. The van der Waals surface area contributed by atoms with E-state index in [-0.39, 0.29) is 32.0 Å². The maximum absolute atomic E-state index is 12.1. The van der Waals surface area contributed by atoms with Gasteiger partial charge in [0, 0.05) is 32.5 Å². The number of fused-ring (bicyclic) bond motifs is 6. The van der Waals surface area contributed by atoms with E-state index in [4.69, 9.17) is 18.9 Å². The molecule has 2 aromatic carbocycles. The standard InChI is InChI=1S/C36H44O9/c1-2-8-24-13-15-27(16-14-24)43-35-36-23-29(26(17-19-38)22-28(45-36)21-25-9-4-3-5-10-25)30(39)11-7-20-42-31(12-6-18-37)33(44-35)32(40)34(36)41/h2-5,9-10,13-16,22,26,29-35,37-41H,1,6,8,11-12,17-19,21,23H2/t26-,29-,30+,31+,32-,33-,34+,35+,36-/m1/s1. The van der Waals surface area contributed by atoms with Gasteiger partial charge in [-0.05, 0) is 66.9 Å². The lowest BCUT2D eigenvalue weighted by molar-refractivity contribution is -0.336. The summed E-state index contributed by atoms with van der Waals surface area (Å²) in [7, 11) is 0. The van der Waals surface area contributed by atoms with Crippen molar-refractivity contribution in [3.8, 4) is 17.8 Å². The molecule has 2 aromatic rings. The predicted molar refractivity (Wildman–Crippen MR) is 167 cm³/mol. The van der Waals surface area contributed by atoms with Crippen LogP contribution in [-0.4, -0.2) is 81.2 Å².